The first-order chi connectivity index (χ1) is 10.9. The predicted octanol–water partition coefficient (Wildman–Crippen LogP) is 1.48. The molecule has 1 atom stereocenters. The summed E-state index contributed by atoms with van der Waals surface area (Å²) >= 11 is 3.51. The van der Waals surface area contributed by atoms with Crippen LogP contribution >= 0.6 is 15.9 Å². The molecule has 3 heterocycles. The normalized spacial score (nSPS) is 17.9. The van der Waals surface area contributed by atoms with Gasteiger partial charge in [-0.25, -0.2) is 9.78 Å². The molecule has 1 unspecified atom stereocenters. The highest BCUT2D eigenvalue weighted by Crippen LogP contribution is 2.33. The summed E-state index contributed by atoms with van der Waals surface area (Å²) in [6, 6.07) is 0. The molecule has 0 saturated carbocycles. The number of aromatic nitrogens is 2. The second kappa shape index (κ2) is 5.93. The molecule has 2 aromatic rings. The van der Waals surface area contributed by atoms with E-state index in [1.807, 2.05) is 0 Å². The lowest BCUT2D eigenvalue weighted by atomic mass is 10.1. The largest absolute Gasteiger partial charge is 0.477 e. The molecule has 1 aliphatic rings. The van der Waals surface area contributed by atoms with Crippen LogP contribution in [-0.2, 0) is 0 Å². The predicted molar refractivity (Wildman–Crippen MR) is 91.1 cm³/mol. The Morgan fingerprint density at radius 2 is 2.35 bits per heavy atom. The van der Waals surface area contributed by atoms with Gasteiger partial charge in [0, 0.05) is 19.3 Å². The van der Waals surface area contributed by atoms with Gasteiger partial charge in [0.2, 0.25) is 5.43 Å². The van der Waals surface area contributed by atoms with E-state index in [1.165, 1.54) is 6.20 Å². The van der Waals surface area contributed by atoms with Crippen LogP contribution in [-0.4, -0.2) is 40.7 Å². The van der Waals surface area contributed by atoms with Gasteiger partial charge in [-0.3, -0.25) is 4.79 Å². The highest BCUT2D eigenvalue weighted by atomic mass is 79.9. The number of fused-ring (bicyclic) bond motifs is 1. The third kappa shape index (κ3) is 2.61. The number of hydrogen-bond acceptors (Lipinski definition) is 5. The first-order valence-electron chi connectivity index (χ1n) is 7.33. The number of aryl methyl sites for hydroxylation is 1. The Morgan fingerprint density at radius 1 is 1.61 bits per heavy atom. The fourth-order valence-corrected chi connectivity index (χ4v) is 3.51. The molecule has 1 saturated heterocycles. The molecule has 0 amide bonds. The lowest BCUT2D eigenvalue weighted by molar-refractivity contribution is 0.0695. The second-order valence-electron chi connectivity index (χ2n) is 5.77. The van der Waals surface area contributed by atoms with Crippen LogP contribution < -0.4 is 16.1 Å². The quantitative estimate of drug-likeness (QED) is 0.743. The standard InChI is InChI=1S/C15H17BrN4O3/c1-7-10-12(21)9(15(22)23)5-18-13(10)19-14(11(7)16)20-3-2-8(4-17)6-20/h5,8H,2-4,6,17H2,1H3,(H,22,23)(H,18,19,21). The number of aromatic amines is 1. The lowest BCUT2D eigenvalue weighted by Crippen LogP contribution is -2.25. The molecule has 0 aliphatic carbocycles. The van der Waals surface area contributed by atoms with Gasteiger partial charge in [0.15, 0.2) is 0 Å². The minimum absolute atomic E-state index is 0.286. The van der Waals surface area contributed by atoms with E-state index in [2.05, 4.69) is 30.8 Å². The van der Waals surface area contributed by atoms with E-state index in [9.17, 15) is 9.59 Å². The second-order valence-corrected chi connectivity index (χ2v) is 6.56. The molecule has 1 fully saturated rings. The van der Waals surface area contributed by atoms with Crippen LogP contribution in [0.2, 0.25) is 0 Å². The number of nitrogens with one attached hydrogen (secondary N) is 1. The van der Waals surface area contributed by atoms with Crippen molar-refractivity contribution in [2.24, 2.45) is 11.7 Å². The third-order valence-electron chi connectivity index (χ3n) is 4.33. The summed E-state index contributed by atoms with van der Waals surface area (Å²) in [6.45, 7) is 4.11. The summed E-state index contributed by atoms with van der Waals surface area (Å²) in [5.41, 5.74) is 6.01. The van der Waals surface area contributed by atoms with Gasteiger partial charge in [-0.05, 0) is 47.3 Å². The maximum absolute atomic E-state index is 12.4. The Labute approximate surface area is 140 Å². The molecule has 4 N–H and O–H groups in total. The van der Waals surface area contributed by atoms with E-state index in [4.69, 9.17) is 10.8 Å². The summed E-state index contributed by atoms with van der Waals surface area (Å²) in [5.74, 6) is -0.0594. The molecule has 23 heavy (non-hydrogen) atoms. The number of rotatable bonds is 3. The summed E-state index contributed by atoms with van der Waals surface area (Å²) < 4.78 is 0.718. The van der Waals surface area contributed by atoms with Crippen LogP contribution in [0.1, 0.15) is 22.3 Å². The molecule has 7 nitrogen and oxygen atoms in total. The van der Waals surface area contributed by atoms with E-state index >= 15 is 0 Å². The molecule has 8 heteroatoms. The zero-order valence-electron chi connectivity index (χ0n) is 12.6. The zero-order chi connectivity index (χ0) is 16.7. The number of nitrogens with two attached hydrogens (primary N) is 1. The van der Waals surface area contributed by atoms with Gasteiger partial charge in [0.1, 0.15) is 17.0 Å². The third-order valence-corrected chi connectivity index (χ3v) is 5.28. The number of carboxylic acid groups (broad SMARTS) is 1. The summed E-state index contributed by atoms with van der Waals surface area (Å²) in [4.78, 5) is 33.0. The fraction of sp³-hybridized carbons (Fsp3) is 0.400. The number of hydrogen-bond donors (Lipinski definition) is 3. The number of halogens is 1. The average molecular weight is 381 g/mol. The van der Waals surface area contributed by atoms with Crippen LogP contribution in [0.3, 0.4) is 0 Å². The van der Waals surface area contributed by atoms with Gasteiger partial charge in [-0.1, -0.05) is 0 Å². The SMILES string of the molecule is Cc1c(Br)c(N2CCC(CN)C2)nc2[nH]cc(C(=O)O)c(=O)c12. The Hall–Kier alpha value is -1.93. The monoisotopic (exact) mass is 380 g/mol. The van der Waals surface area contributed by atoms with Gasteiger partial charge < -0.3 is 20.7 Å². The lowest BCUT2D eigenvalue weighted by Gasteiger charge is -2.20. The first-order valence-corrected chi connectivity index (χ1v) is 8.13. The maximum atomic E-state index is 12.4. The van der Waals surface area contributed by atoms with Gasteiger partial charge in [-0.15, -0.1) is 0 Å². The molecule has 3 rings (SSSR count). The summed E-state index contributed by atoms with van der Waals surface area (Å²) in [6.07, 6.45) is 2.21. The van der Waals surface area contributed by atoms with Crippen LogP contribution in [0.25, 0.3) is 11.0 Å². The van der Waals surface area contributed by atoms with Crippen molar-refractivity contribution in [3.05, 3.63) is 32.0 Å². The molecular weight excluding hydrogens is 364 g/mol. The molecule has 2 aromatic heterocycles. The van der Waals surface area contributed by atoms with E-state index in [0.717, 1.165) is 29.8 Å². The minimum Gasteiger partial charge on any atom is -0.477 e. The number of carboxylic acids is 1. The van der Waals surface area contributed by atoms with Crippen molar-refractivity contribution in [1.29, 1.82) is 0 Å². The topological polar surface area (TPSA) is 112 Å². The van der Waals surface area contributed by atoms with Gasteiger partial charge >= 0.3 is 5.97 Å². The van der Waals surface area contributed by atoms with E-state index in [1.54, 1.807) is 6.92 Å². The number of nitrogens with zero attached hydrogens (tertiary/aromatic N) is 2. The van der Waals surface area contributed by atoms with Crippen molar-refractivity contribution in [2.75, 3.05) is 24.5 Å². The Balaban J connectivity index is 2.17. The Morgan fingerprint density at radius 3 is 2.96 bits per heavy atom. The minimum atomic E-state index is -1.25. The van der Waals surface area contributed by atoms with Crippen LogP contribution in [0, 0.1) is 12.8 Å². The number of H-pyrrole nitrogens is 1. The number of pyridine rings is 2. The molecule has 122 valence electrons. The van der Waals surface area contributed by atoms with Crippen molar-refractivity contribution in [3.8, 4) is 0 Å². The van der Waals surface area contributed by atoms with E-state index in [0.29, 0.717) is 29.1 Å². The highest BCUT2D eigenvalue weighted by molar-refractivity contribution is 9.10. The van der Waals surface area contributed by atoms with E-state index in [-0.39, 0.29) is 5.56 Å². The molecular formula is C15H17BrN4O3. The van der Waals surface area contributed by atoms with Crippen molar-refractivity contribution < 1.29 is 9.90 Å². The molecule has 0 bridgehead atoms. The van der Waals surface area contributed by atoms with Crippen LogP contribution in [0.4, 0.5) is 5.82 Å². The zero-order valence-corrected chi connectivity index (χ0v) is 14.2. The summed E-state index contributed by atoms with van der Waals surface area (Å²) in [5, 5.41) is 9.40. The van der Waals surface area contributed by atoms with E-state index < -0.39 is 11.4 Å². The van der Waals surface area contributed by atoms with Crippen molar-refractivity contribution in [3.63, 3.8) is 0 Å². The van der Waals surface area contributed by atoms with Gasteiger partial charge in [-0.2, -0.15) is 0 Å². The number of anilines is 1. The Bertz CT molecular complexity index is 849. The molecule has 0 radical (unpaired) electrons. The van der Waals surface area contributed by atoms with Crippen LogP contribution in [0.5, 0.6) is 0 Å². The fourth-order valence-electron chi connectivity index (χ4n) is 2.97. The smallest absolute Gasteiger partial charge is 0.341 e. The summed E-state index contributed by atoms with van der Waals surface area (Å²) in [7, 11) is 0. The van der Waals surface area contributed by atoms with Crippen molar-refractivity contribution in [2.45, 2.75) is 13.3 Å². The number of carbonyl (C=O) groups is 1. The van der Waals surface area contributed by atoms with Crippen LogP contribution in [0.15, 0.2) is 15.5 Å². The van der Waals surface area contributed by atoms with Crippen molar-refractivity contribution >= 4 is 38.8 Å². The molecule has 0 spiro atoms. The van der Waals surface area contributed by atoms with Gasteiger partial charge in [0.05, 0.1) is 9.86 Å². The molecule has 1 aliphatic heterocycles. The molecule has 0 aromatic carbocycles. The Kier molecular flexibility index (Phi) is 4.11. The van der Waals surface area contributed by atoms with Crippen molar-refractivity contribution in [1.82, 2.24) is 9.97 Å². The number of aromatic carboxylic acids is 1. The average Bonchev–Trinajstić information content (AvgIpc) is 2.99. The highest BCUT2D eigenvalue weighted by Gasteiger charge is 2.26. The van der Waals surface area contributed by atoms with Gasteiger partial charge in [0.25, 0.3) is 0 Å². The maximum Gasteiger partial charge on any atom is 0.341 e. The first kappa shape index (κ1) is 15.9.